The minimum absolute atomic E-state index is 0.168. The molecule has 82 valence electrons. The second-order valence-corrected chi connectivity index (χ2v) is 3.53. The number of hydrogen-bond donors (Lipinski definition) is 1. The molecule has 0 aromatic carbocycles. The van der Waals surface area contributed by atoms with Crippen LogP contribution < -0.4 is 5.32 Å². The third kappa shape index (κ3) is 3.03. The van der Waals surface area contributed by atoms with Crippen LogP contribution in [0.4, 0.5) is 0 Å². The van der Waals surface area contributed by atoms with Gasteiger partial charge in [-0.1, -0.05) is 6.92 Å². The third-order valence-electron chi connectivity index (χ3n) is 2.32. The van der Waals surface area contributed by atoms with Crippen molar-refractivity contribution in [3.63, 3.8) is 0 Å². The largest absolute Gasteiger partial charge is 0.300 e. The van der Waals surface area contributed by atoms with Crippen LogP contribution in [0.5, 0.6) is 0 Å². The summed E-state index contributed by atoms with van der Waals surface area (Å²) in [6, 6.07) is 1.60. The predicted molar refractivity (Wildman–Crippen MR) is 53.6 cm³/mol. The lowest BCUT2D eigenvalue weighted by atomic mass is 10.3. The molecule has 0 aliphatic carbocycles. The number of nitrogens with one attached hydrogen (secondary N) is 1. The van der Waals surface area contributed by atoms with Crippen molar-refractivity contribution >= 4 is 11.8 Å². The molecule has 1 saturated heterocycles. The monoisotopic (exact) mass is 209 g/mol. The molecule has 1 unspecified atom stereocenters. The van der Waals surface area contributed by atoms with Crippen LogP contribution in [0.25, 0.3) is 0 Å². The van der Waals surface area contributed by atoms with E-state index < -0.39 is 6.04 Å². The van der Waals surface area contributed by atoms with Crippen LogP contribution in [-0.2, 0) is 9.59 Å². The molecule has 0 aromatic rings. The molecule has 0 radical (unpaired) electrons. The lowest BCUT2D eigenvalue weighted by Gasteiger charge is -2.18. The van der Waals surface area contributed by atoms with Crippen molar-refractivity contribution in [1.29, 1.82) is 5.26 Å². The second-order valence-electron chi connectivity index (χ2n) is 3.53. The van der Waals surface area contributed by atoms with E-state index in [1.54, 1.807) is 0 Å². The number of hydrogen-bond acceptors (Lipinski definition) is 4. The molecule has 0 spiro atoms. The van der Waals surface area contributed by atoms with Crippen molar-refractivity contribution in [3.8, 4) is 6.07 Å². The molecule has 15 heavy (non-hydrogen) atoms. The highest BCUT2D eigenvalue weighted by molar-refractivity contribution is 6.01. The summed E-state index contributed by atoms with van der Waals surface area (Å²) in [5.41, 5.74) is 0. The van der Waals surface area contributed by atoms with Crippen molar-refractivity contribution in [2.45, 2.75) is 32.2 Å². The Hall–Kier alpha value is -1.41. The Bertz CT molecular complexity index is 280. The molecule has 0 saturated carbocycles. The van der Waals surface area contributed by atoms with Crippen LogP contribution in [0.3, 0.4) is 0 Å². The van der Waals surface area contributed by atoms with Crippen LogP contribution in [0.1, 0.15) is 26.2 Å². The second kappa shape index (κ2) is 5.47. The number of amides is 2. The van der Waals surface area contributed by atoms with Crippen LogP contribution in [0, 0.1) is 11.3 Å². The Morgan fingerprint density at radius 2 is 2.07 bits per heavy atom. The molecule has 1 fully saturated rings. The van der Waals surface area contributed by atoms with Gasteiger partial charge in [-0.3, -0.25) is 14.5 Å². The van der Waals surface area contributed by atoms with Gasteiger partial charge in [0.1, 0.15) is 6.04 Å². The average Bonchev–Trinajstić information content (AvgIpc) is 2.55. The summed E-state index contributed by atoms with van der Waals surface area (Å²) < 4.78 is 0. The first-order valence-electron chi connectivity index (χ1n) is 5.15. The van der Waals surface area contributed by atoms with Gasteiger partial charge in [0, 0.05) is 12.8 Å². The van der Waals surface area contributed by atoms with E-state index in [0.29, 0.717) is 6.54 Å². The van der Waals surface area contributed by atoms with E-state index in [9.17, 15) is 9.59 Å². The molecule has 5 heteroatoms. The number of imide groups is 1. The van der Waals surface area contributed by atoms with Gasteiger partial charge in [0.2, 0.25) is 11.8 Å². The first-order valence-corrected chi connectivity index (χ1v) is 5.15. The SMILES string of the molecule is CCCNC(C#N)CN1C(=O)CCC1=O. The molecule has 1 aliphatic heterocycles. The maximum Gasteiger partial charge on any atom is 0.229 e. The fourth-order valence-electron chi connectivity index (χ4n) is 1.48. The molecule has 0 aromatic heterocycles. The zero-order valence-electron chi connectivity index (χ0n) is 8.82. The first-order chi connectivity index (χ1) is 7.19. The van der Waals surface area contributed by atoms with E-state index in [0.717, 1.165) is 6.42 Å². The van der Waals surface area contributed by atoms with Gasteiger partial charge in [0.05, 0.1) is 12.6 Å². The van der Waals surface area contributed by atoms with Crippen LogP contribution in [0.2, 0.25) is 0 Å². The van der Waals surface area contributed by atoms with Crippen molar-refractivity contribution in [2.24, 2.45) is 0 Å². The standard InChI is InChI=1S/C10H15N3O2/c1-2-5-12-8(6-11)7-13-9(14)3-4-10(13)15/h8,12H,2-5,7H2,1H3. The molecular formula is C10H15N3O2. The minimum atomic E-state index is -0.448. The maximum atomic E-state index is 11.3. The average molecular weight is 209 g/mol. The summed E-state index contributed by atoms with van der Waals surface area (Å²) in [4.78, 5) is 23.7. The highest BCUT2D eigenvalue weighted by Gasteiger charge is 2.30. The maximum absolute atomic E-state index is 11.3. The number of carbonyl (C=O) groups is 2. The molecule has 2 amide bonds. The van der Waals surface area contributed by atoms with Gasteiger partial charge in [0.25, 0.3) is 0 Å². The van der Waals surface area contributed by atoms with Crippen LogP contribution in [0.15, 0.2) is 0 Å². The van der Waals surface area contributed by atoms with E-state index in [4.69, 9.17) is 5.26 Å². The quantitative estimate of drug-likeness (QED) is 0.648. The molecule has 1 heterocycles. The normalized spacial score (nSPS) is 18.0. The lowest BCUT2D eigenvalue weighted by molar-refractivity contribution is -0.138. The molecule has 1 rings (SSSR count). The van der Waals surface area contributed by atoms with Gasteiger partial charge in [-0.05, 0) is 13.0 Å². The van der Waals surface area contributed by atoms with Gasteiger partial charge >= 0.3 is 0 Å². The third-order valence-corrected chi connectivity index (χ3v) is 2.32. The van der Waals surface area contributed by atoms with Crippen LogP contribution >= 0.6 is 0 Å². The molecule has 5 nitrogen and oxygen atoms in total. The van der Waals surface area contributed by atoms with Crippen molar-refractivity contribution in [1.82, 2.24) is 10.2 Å². The number of carbonyl (C=O) groups excluding carboxylic acids is 2. The summed E-state index contributed by atoms with van der Waals surface area (Å²) in [7, 11) is 0. The Morgan fingerprint density at radius 3 is 2.53 bits per heavy atom. The Kier molecular flexibility index (Phi) is 4.25. The topological polar surface area (TPSA) is 73.2 Å². The summed E-state index contributed by atoms with van der Waals surface area (Å²) >= 11 is 0. The van der Waals surface area contributed by atoms with Gasteiger partial charge in [-0.25, -0.2) is 0 Å². The number of nitrogens with zero attached hydrogens (tertiary/aromatic N) is 2. The Morgan fingerprint density at radius 1 is 1.47 bits per heavy atom. The predicted octanol–water partition coefficient (Wildman–Crippen LogP) is 0.0272. The van der Waals surface area contributed by atoms with Crippen LogP contribution in [-0.4, -0.2) is 35.8 Å². The molecule has 1 N–H and O–H groups in total. The first kappa shape index (κ1) is 11.7. The van der Waals surface area contributed by atoms with E-state index in [1.165, 1.54) is 4.90 Å². The van der Waals surface area contributed by atoms with Crippen molar-refractivity contribution in [2.75, 3.05) is 13.1 Å². The number of nitriles is 1. The number of rotatable bonds is 5. The van der Waals surface area contributed by atoms with Crippen molar-refractivity contribution < 1.29 is 9.59 Å². The van der Waals surface area contributed by atoms with Gasteiger partial charge in [-0.2, -0.15) is 5.26 Å². The summed E-state index contributed by atoms with van der Waals surface area (Å²) in [6.45, 7) is 2.89. The summed E-state index contributed by atoms with van der Waals surface area (Å²) in [6.07, 6.45) is 1.48. The van der Waals surface area contributed by atoms with Crippen molar-refractivity contribution in [3.05, 3.63) is 0 Å². The molecule has 1 aliphatic rings. The molecular weight excluding hydrogens is 194 g/mol. The van der Waals surface area contributed by atoms with Gasteiger partial charge < -0.3 is 5.32 Å². The fourth-order valence-corrected chi connectivity index (χ4v) is 1.48. The highest BCUT2D eigenvalue weighted by Crippen LogP contribution is 2.11. The Balaban J connectivity index is 2.47. The zero-order valence-corrected chi connectivity index (χ0v) is 8.82. The summed E-state index contributed by atoms with van der Waals surface area (Å²) in [5, 5.41) is 11.8. The number of likely N-dealkylation sites (tertiary alicyclic amines) is 1. The fraction of sp³-hybridized carbons (Fsp3) is 0.700. The lowest BCUT2D eigenvalue weighted by Crippen LogP contribution is -2.42. The highest BCUT2D eigenvalue weighted by atomic mass is 16.2. The van der Waals surface area contributed by atoms with E-state index in [-0.39, 0.29) is 31.2 Å². The smallest absolute Gasteiger partial charge is 0.229 e. The molecule has 1 atom stereocenters. The van der Waals surface area contributed by atoms with E-state index in [2.05, 4.69) is 5.32 Å². The minimum Gasteiger partial charge on any atom is -0.300 e. The zero-order chi connectivity index (χ0) is 11.3. The summed E-state index contributed by atoms with van der Waals surface area (Å²) in [5.74, 6) is -0.336. The van der Waals surface area contributed by atoms with E-state index >= 15 is 0 Å². The Labute approximate surface area is 89.0 Å². The van der Waals surface area contributed by atoms with Gasteiger partial charge in [0.15, 0.2) is 0 Å². The van der Waals surface area contributed by atoms with Gasteiger partial charge in [-0.15, -0.1) is 0 Å². The van der Waals surface area contributed by atoms with E-state index in [1.807, 2.05) is 13.0 Å². The molecule has 0 bridgehead atoms.